The van der Waals surface area contributed by atoms with E-state index in [1.54, 1.807) is 0 Å². The Bertz CT molecular complexity index is 812. The van der Waals surface area contributed by atoms with Crippen molar-refractivity contribution in [3.63, 3.8) is 0 Å². The van der Waals surface area contributed by atoms with Crippen molar-refractivity contribution in [2.24, 2.45) is 0 Å². The normalized spacial score (nSPS) is 25.8. The van der Waals surface area contributed by atoms with Crippen molar-refractivity contribution in [1.29, 1.82) is 0 Å². The Morgan fingerprint density at radius 1 is 1.32 bits per heavy atom. The molecule has 1 fully saturated rings. The summed E-state index contributed by atoms with van der Waals surface area (Å²) >= 11 is 0. The summed E-state index contributed by atoms with van der Waals surface area (Å²) in [5.74, 6) is 0.0857. The zero-order valence-corrected chi connectivity index (χ0v) is 12.2. The third-order valence-electron chi connectivity index (χ3n) is 3.52. The predicted molar refractivity (Wildman–Crippen MR) is 74.5 cm³/mol. The summed E-state index contributed by atoms with van der Waals surface area (Å²) in [6, 6.07) is 0. The summed E-state index contributed by atoms with van der Waals surface area (Å²) in [4.78, 5) is 41.2. The Hall–Kier alpha value is -3.33. The quantitative estimate of drug-likeness (QED) is 0.445. The number of hydrogen-bond donors (Lipinski definition) is 2. The zero-order valence-electron chi connectivity index (χ0n) is 12.2. The lowest BCUT2D eigenvalue weighted by Gasteiger charge is -2.17. The van der Waals surface area contributed by atoms with Gasteiger partial charge in [-0.2, -0.15) is 0 Å². The molecule has 15 heteroatoms. The highest BCUT2D eigenvalue weighted by Gasteiger charge is 2.48. The van der Waals surface area contributed by atoms with Crippen LogP contribution in [-0.4, -0.2) is 59.7 Å². The van der Waals surface area contributed by atoms with Crippen LogP contribution in [-0.2, 0) is 14.4 Å². The lowest BCUT2D eigenvalue weighted by atomic mass is 10.1. The maximum atomic E-state index is 10.6. The number of nitrogens with zero attached hydrogens (tertiary/aromatic N) is 6. The Kier molecular flexibility index (Phi) is 4.15. The molecule has 0 aliphatic carbocycles. The number of anilines is 1. The Labute approximate surface area is 137 Å². The van der Waals surface area contributed by atoms with E-state index in [9.17, 15) is 25.3 Å². The average Bonchev–Trinajstić information content (AvgIpc) is 3.09. The van der Waals surface area contributed by atoms with E-state index in [0.717, 1.165) is 6.33 Å². The van der Waals surface area contributed by atoms with Gasteiger partial charge in [-0.25, -0.2) is 15.0 Å². The highest BCUT2D eigenvalue weighted by Crippen LogP contribution is 2.33. The Morgan fingerprint density at radius 3 is 2.76 bits per heavy atom. The van der Waals surface area contributed by atoms with Crippen molar-refractivity contribution in [3.8, 4) is 0 Å². The number of nitrogens with two attached hydrogens (primary N) is 1. The van der Waals surface area contributed by atoms with Crippen LogP contribution in [0.25, 0.3) is 11.2 Å². The SMILES string of the molecule is Nc1ncnc2c1ncn2[C@@H]1O[C@H](CO[N+](=O)[O-])[C@@H](O[N+](=O)[O-])[C@H]1O. The van der Waals surface area contributed by atoms with Gasteiger partial charge in [0.25, 0.3) is 10.2 Å². The van der Waals surface area contributed by atoms with Gasteiger partial charge in [-0.05, 0) is 0 Å². The maximum Gasteiger partial charge on any atom is 0.294 e. The van der Waals surface area contributed by atoms with Gasteiger partial charge in [0, 0.05) is 0 Å². The molecular weight excluding hydrogens is 346 g/mol. The van der Waals surface area contributed by atoms with Crippen LogP contribution in [0.5, 0.6) is 0 Å². The number of aliphatic hydroxyl groups is 1. The van der Waals surface area contributed by atoms with E-state index in [1.807, 2.05) is 0 Å². The Balaban J connectivity index is 1.91. The van der Waals surface area contributed by atoms with E-state index < -0.39 is 41.3 Å². The molecule has 0 saturated carbocycles. The number of nitrogen functional groups attached to an aromatic ring is 1. The molecule has 2 aromatic heterocycles. The van der Waals surface area contributed by atoms with Crippen LogP contribution in [0.15, 0.2) is 12.7 Å². The molecule has 1 aliphatic rings. The second kappa shape index (κ2) is 6.29. The largest absolute Gasteiger partial charge is 0.386 e. The van der Waals surface area contributed by atoms with Crippen LogP contribution >= 0.6 is 0 Å². The minimum Gasteiger partial charge on any atom is -0.386 e. The number of ether oxygens (including phenoxy) is 1. The van der Waals surface area contributed by atoms with Crippen molar-refractivity contribution in [2.45, 2.75) is 24.5 Å². The minimum absolute atomic E-state index is 0.0857. The van der Waals surface area contributed by atoms with E-state index in [2.05, 4.69) is 24.6 Å². The number of imidazole rings is 1. The molecule has 0 spiro atoms. The fourth-order valence-electron chi connectivity index (χ4n) is 2.50. The lowest BCUT2D eigenvalue weighted by Crippen LogP contribution is -2.38. The van der Waals surface area contributed by atoms with Gasteiger partial charge in [-0.3, -0.25) is 4.57 Å². The first-order valence-electron chi connectivity index (χ1n) is 6.73. The standard InChI is InChI=1S/C10H11N7O8/c11-8-5-9(13-2-12-8)15(3-14-5)10-6(18)7(25-17(21)22)4(24-10)1-23-16(19)20/h2-4,6-7,10,18H,1H2,(H2,11,12,13)/t4-,6-,7-,10-/m1/s1. The Morgan fingerprint density at radius 2 is 2.08 bits per heavy atom. The van der Waals surface area contributed by atoms with Gasteiger partial charge >= 0.3 is 0 Å². The van der Waals surface area contributed by atoms with Gasteiger partial charge in [0.2, 0.25) is 0 Å². The predicted octanol–water partition coefficient (Wildman–Crippen LogP) is -1.55. The summed E-state index contributed by atoms with van der Waals surface area (Å²) in [5, 5.41) is 29.1. The number of rotatable bonds is 6. The van der Waals surface area contributed by atoms with E-state index >= 15 is 0 Å². The summed E-state index contributed by atoms with van der Waals surface area (Å²) in [7, 11) is 0. The van der Waals surface area contributed by atoms with Crippen LogP contribution < -0.4 is 5.73 Å². The maximum absolute atomic E-state index is 10.6. The number of fused-ring (bicyclic) bond motifs is 1. The van der Waals surface area contributed by atoms with Gasteiger partial charge in [-0.15, -0.1) is 20.2 Å². The molecule has 1 aliphatic heterocycles. The summed E-state index contributed by atoms with van der Waals surface area (Å²) < 4.78 is 6.71. The second-order valence-corrected chi connectivity index (χ2v) is 4.95. The van der Waals surface area contributed by atoms with Crippen molar-refractivity contribution in [2.75, 3.05) is 12.3 Å². The summed E-state index contributed by atoms with van der Waals surface area (Å²) in [6.45, 7) is -0.678. The summed E-state index contributed by atoms with van der Waals surface area (Å²) in [6.07, 6.45) is -3.17. The molecule has 15 nitrogen and oxygen atoms in total. The molecule has 0 amide bonds. The van der Waals surface area contributed by atoms with Crippen LogP contribution in [0.4, 0.5) is 5.82 Å². The van der Waals surface area contributed by atoms with Crippen molar-refractivity contribution in [1.82, 2.24) is 19.5 Å². The molecule has 1 saturated heterocycles. The molecule has 0 bridgehead atoms. The molecular formula is C10H11N7O8. The first kappa shape index (κ1) is 16.5. The topological polar surface area (TPSA) is 204 Å². The average molecular weight is 357 g/mol. The third kappa shape index (κ3) is 3.04. The fourth-order valence-corrected chi connectivity index (χ4v) is 2.50. The van der Waals surface area contributed by atoms with Crippen molar-refractivity contribution in [3.05, 3.63) is 32.9 Å². The van der Waals surface area contributed by atoms with Crippen LogP contribution in [0.1, 0.15) is 6.23 Å². The highest BCUT2D eigenvalue weighted by molar-refractivity contribution is 5.81. The van der Waals surface area contributed by atoms with E-state index in [0.29, 0.717) is 0 Å². The van der Waals surface area contributed by atoms with Crippen molar-refractivity contribution >= 4 is 17.0 Å². The fraction of sp³-hybridized carbons (Fsp3) is 0.500. The van der Waals surface area contributed by atoms with E-state index in [-0.39, 0.29) is 17.0 Å². The van der Waals surface area contributed by atoms with Crippen LogP contribution in [0.2, 0.25) is 0 Å². The molecule has 3 N–H and O–H groups in total. The summed E-state index contributed by atoms with van der Waals surface area (Å²) in [5.41, 5.74) is 6.10. The molecule has 4 atom stereocenters. The van der Waals surface area contributed by atoms with Crippen LogP contribution in [0.3, 0.4) is 0 Å². The first-order chi connectivity index (χ1) is 11.9. The highest BCUT2D eigenvalue weighted by atomic mass is 17.0. The first-order valence-corrected chi connectivity index (χ1v) is 6.73. The molecule has 0 unspecified atom stereocenters. The number of aromatic nitrogens is 4. The zero-order chi connectivity index (χ0) is 18.1. The van der Waals surface area contributed by atoms with Gasteiger partial charge in [0.15, 0.2) is 23.8 Å². The molecule has 3 rings (SSSR count). The lowest BCUT2D eigenvalue weighted by molar-refractivity contribution is -0.776. The monoisotopic (exact) mass is 357 g/mol. The van der Waals surface area contributed by atoms with E-state index in [1.165, 1.54) is 10.9 Å². The molecule has 3 heterocycles. The van der Waals surface area contributed by atoms with E-state index in [4.69, 9.17) is 10.5 Å². The number of aliphatic hydroxyl groups excluding tert-OH is 1. The molecule has 0 radical (unpaired) electrons. The minimum atomic E-state index is -1.56. The molecule has 0 aromatic carbocycles. The van der Waals surface area contributed by atoms with Gasteiger partial charge < -0.3 is 25.3 Å². The third-order valence-corrected chi connectivity index (χ3v) is 3.52. The van der Waals surface area contributed by atoms with Gasteiger partial charge in [-0.1, -0.05) is 0 Å². The van der Waals surface area contributed by atoms with Gasteiger partial charge in [0.05, 0.1) is 6.33 Å². The van der Waals surface area contributed by atoms with Gasteiger partial charge in [0.1, 0.15) is 30.7 Å². The van der Waals surface area contributed by atoms with Crippen molar-refractivity contribution < 1.29 is 29.7 Å². The number of hydrogen-bond acceptors (Lipinski definition) is 12. The van der Waals surface area contributed by atoms with Crippen LogP contribution in [0, 0.1) is 20.2 Å². The molecule has 134 valence electrons. The smallest absolute Gasteiger partial charge is 0.294 e. The molecule has 25 heavy (non-hydrogen) atoms. The molecule has 2 aromatic rings. The second-order valence-electron chi connectivity index (χ2n) is 4.95.